The van der Waals surface area contributed by atoms with Gasteiger partial charge >= 0.3 is 0 Å². The van der Waals surface area contributed by atoms with E-state index in [4.69, 9.17) is 14.2 Å². The van der Waals surface area contributed by atoms with Crippen LogP contribution in [0.2, 0.25) is 0 Å². The molecule has 176 valence electrons. The van der Waals surface area contributed by atoms with Crippen LogP contribution in [0.15, 0.2) is 60.7 Å². The first-order chi connectivity index (χ1) is 16.7. The number of rotatable bonds is 7. The molecule has 0 aromatic heterocycles. The van der Waals surface area contributed by atoms with E-state index in [-0.39, 0.29) is 5.91 Å². The number of ether oxygens (including phenoxy) is 3. The van der Waals surface area contributed by atoms with Gasteiger partial charge in [0.15, 0.2) is 11.5 Å². The Balaban J connectivity index is 1.29. The van der Waals surface area contributed by atoms with Crippen LogP contribution in [-0.2, 0) is 13.1 Å². The molecular weight excluding hydrogens is 428 g/mol. The first kappa shape index (κ1) is 22.3. The Bertz CT molecular complexity index is 1140. The van der Waals surface area contributed by atoms with Crippen LogP contribution in [-0.4, -0.2) is 44.2 Å². The summed E-state index contributed by atoms with van der Waals surface area (Å²) in [6.07, 6.45) is 2.60. The zero-order valence-electron chi connectivity index (χ0n) is 19.5. The SMILES string of the molecule is COc1cc(C(=O)NCc2ccccc2-c2ccc(CN3CCCC3)cc2)cc2c1OCCO2. The standard InChI is InChI=1S/C28H30N2O4/c1-32-25-16-23(17-26-27(25)34-15-14-33-26)28(31)29-18-22-6-2-3-7-24(22)21-10-8-20(9-11-21)19-30-12-4-5-13-30/h2-3,6-11,16-17H,4-5,12-15,18-19H2,1H3,(H,29,31). The lowest BCUT2D eigenvalue weighted by atomic mass is 9.98. The number of fused-ring (bicyclic) bond motifs is 1. The Morgan fingerprint density at radius 3 is 2.56 bits per heavy atom. The van der Waals surface area contributed by atoms with Gasteiger partial charge in [-0.15, -0.1) is 0 Å². The maximum Gasteiger partial charge on any atom is 0.251 e. The molecule has 1 amide bonds. The van der Waals surface area contributed by atoms with Crippen molar-refractivity contribution in [2.24, 2.45) is 0 Å². The lowest BCUT2D eigenvalue weighted by molar-refractivity contribution is 0.0949. The Kier molecular flexibility index (Phi) is 6.67. The topological polar surface area (TPSA) is 60.0 Å². The van der Waals surface area contributed by atoms with Crippen LogP contribution >= 0.6 is 0 Å². The van der Waals surface area contributed by atoms with Gasteiger partial charge in [-0.05, 0) is 60.3 Å². The van der Waals surface area contributed by atoms with Crippen LogP contribution in [0, 0.1) is 0 Å². The largest absolute Gasteiger partial charge is 0.493 e. The molecule has 34 heavy (non-hydrogen) atoms. The molecule has 3 aromatic rings. The van der Waals surface area contributed by atoms with E-state index in [2.05, 4.69) is 46.6 Å². The van der Waals surface area contributed by atoms with Crippen molar-refractivity contribution in [2.45, 2.75) is 25.9 Å². The molecule has 0 unspecified atom stereocenters. The van der Waals surface area contributed by atoms with E-state index < -0.39 is 0 Å². The van der Waals surface area contributed by atoms with Crippen molar-refractivity contribution < 1.29 is 19.0 Å². The Morgan fingerprint density at radius 1 is 1.00 bits per heavy atom. The molecule has 2 aliphatic heterocycles. The van der Waals surface area contributed by atoms with Gasteiger partial charge in [-0.25, -0.2) is 0 Å². The number of nitrogens with one attached hydrogen (secondary N) is 1. The predicted octanol–water partition coefficient (Wildman–Crippen LogP) is 4.66. The Morgan fingerprint density at radius 2 is 1.76 bits per heavy atom. The Hall–Kier alpha value is -3.51. The molecule has 0 spiro atoms. The third kappa shape index (κ3) is 4.87. The van der Waals surface area contributed by atoms with Crippen LogP contribution in [0.4, 0.5) is 0 Å². The summed E-state index contributed by atoms with van der Waals surface area (Å²) in [7, 11) is 1.56. The number of nitrogens with zero attached hydrogens (tertiary/aromatic N) is 1. The molecular formula is C28H30N2O4. The molecule has 2 aliphatic rings. The van der Waals surface area contributed by atoms with Crippen LogP contribution in [0.5, 0.6) is 17.2 Å². The predicted molar refractivity (Wildman–Crippen MR) is 132 cm³/mol. The molecule has 2 heterocycles. The smallest absolute Gasteiger partial charge is 0.251 e. The first-order valence-electron chi connectivity index (χ1n) is 11.9. The second-order valence-electron chi connectivity index (χ2n) is 8.72. The van der Waals surface area contributed by atoms with Crippen molar-refractivity contribution in [3.8, 4) is 28.4 Å². The zero-order valence-corrected chi connectivity index (χ0v) is 19.5. The average Bonchev–Trinajstić information content (AvgIpc) is 3.40. The molecule has 1 N–H and O–H groups in total. The van der Waals surface area contributed by atoms with Gasteiger partial charge in [0.05, 0.1) is 7.11 Å². The molecule has 6 heteroatoms. The first-order valence-corrected chi connectivity index (χ1v) is 11.9. The van der Waals surface area contributed by atoms with Crippen molar-refractivity contribution in [1.82, 2.24) is 10.2 Å². The quantitative estimate of drug-likeness (QED) is 0.558. The van der Waals surface area contributed by atoms with Crippen LogP contribution in [0.25, 0.3) is 11.1 Å². The number of methoxy groups -OCH3 is 1. The lowest BCUT2D eigenvalue weighted by Gasteiger charge is -2.21. The fourth-order valence-electron chi connectivity index (χ4n) is 4.63. The second-order valence-corrected chi connectivity index (χ2v) is 8.72. The minimum absolute atomic E-state index is 0.189. The summed E-state index contributed by atoms with van der Waals surface area (Å²) in [5.74, 6) is 1.39. The van der Waals surface area contributed by atoms with Gasteiger partial charge in [0, 0.05) is 18.7 Å². The molecule has 1 fully saturated rings. The van der Waals surface area contributed by atoms with Crippen molar-refractivity contribution in [2.75, 3.05) is 33.4 Å². The van der Waals surface area contributed by atoms with Crippen molar-refractivity contribution in [3.63, 3.8) is 0 Å². The van der Waals surface area contributed by atoms with Gasteiger partial charge in [0.25, 0.3) is 5.91 Å². The molecule has 5 rings (SSSR count). The van der Waals surface area contributed by atoms with E-state index in [1.807, 2.05) is 12.1 Å². The number of carbonyl (C=O) groups is 1. The third-order valence-electron chi connectivity index (χ3n) is 6.42. The highest BCUT2D eigenvalue weighted by Crippen LogP contribution is 2.40. The molecule has 0 bridgehead atoms. The van der Waals surface area contributed by atoms with E-state index in [1.165, 1.54) is 31.5 Å². The highest BCUT2D eigenvalue weighted by Gasteiger charge is 2.21. The summed E-state index contributed by atoms with van der Waals surface area (Å²) in [6, 6.07) is 20.4. The Labute approximate surface area is 200 Å². The number of amides is 1. The third-order valence-corrected chi connectivity index (χ3v) is 6.42. The fourth-order valence-corrected chi connectivity index (χ4v) is 4.63. The molecule has 0 radical (unpaired) electrons. The minimum atomic E-state index is -0.189. The van der Waals surface area contributed by atoms with E-state index in [1.54, 1.807) is 19.2 Å². The normalized spacial score (nSPS) is 15.2. The van der Waals surface area contributed by atoms with E-state index >= 15 is 0 Å². The number of benzene rings is 3. The van der Waals surface area contributed by atoms with Crippen molar-refractivity contribution in [1.29, 1.82) is 0 Å². The number of hydrogen-bond acceptors (Lipinski definition) is 5. The lowest BCUT2D eigenvalue weighted by Crippen LogP contribution is -2.24. The van der Waals surface area contributed by atoms with E-state index in [0.29, 0.717) is 42.6 Å². The summed E-state index contributed by atoms with van der Waals surface area (Å²) in [6.45, 7) is 4.73. The van der Waals surface area contributed by atoms with E-state index in [0.717, 1.165) is 23.2 Å². The highest BCUT2D eigenvalue weighted by molar-refractivity contribution is 5.95. The minimum Gasteiger partial charge on any atom is -0.493 e. The van der Waals surface area contributed by atoms with Gasteiger partial charge in [-0.1, -0.05) is 48.5 Å². The van der Waals surface area contributed by atoms with Gasteiger partial charge in [0.2, 0.25) is 5.75 Å². The summed E-state index contributed by atoms with van der Waals surface area (Å²) in [5.41, 5.74) is 5.15. The van der Waals surface area contributed by atoms with E-state index in [9.17, 15) is 4.79 Å². The number of carbonyl (C=O) groups excluding carboxylic acids is 1. The number of likely N-dealkylation sites (tertiary alicyclic amines) is 1. The van der Waals surface area contributed by atoms with Crippen molar-refractivity contribution >= 4 is 5.91 Å². The maximum absolute atomic E-state index is 13.0. The maximum atomic E-state index is 13.0. The van der Waals surface area contributed by atoms with Gasteiger partial charge in [-0.2, -0.15) is 0 Å². The summed E-state index contributed by atoms with van der Waals surface area (Å²) in [4.78, 5) is 15.5. The number of hydrogen-bond donors (Lipinski definition) is 1. The molecule has 6 nitrogen and oxygen atoms in total. The summed E-state index contributed by atoms with van der Waals surface area (Å²) >= 11 is 0. The molecule has 0 aliphatic carbocycles. The van der Waals surface area contributed by atoms with Crippen LogP contribution < -0.4 is 19.5 Å². The fraction of sp³-hybridized carbons (Fsp3) is 0.321. The molecule has 1 saturated heterocycles. The molecule has 0 atom stereocenters. The van der Waals surface area contributed by atoms with Crippen molar-refractivity contribution in [3.05, 3.63) is 77.4 Å². The van der Waals surface area contributed by atoms with Gasteiger partial charge < -0.3 is 19.5 Å². The summed E-state index contributed by atoms with van der Waals surface area (Å²) in [5, 5.41) is 3.05. The monoisotopic (exact) mass is 458 g/mol. The highest BCUT2D eigenvalue weighted by atomic mass is 16.6. The van der Waals surface area contributed by atoms with Gasteiger partial charge in [0.1, 0.15) is 13.2 Å². The van der Waals surface area contributed by atoms with Crippen LogP contribution in [0.1, 0.15) is 34.3 Å². The summed E-state index contributed by atoms with van der Waals surface area (Å²) < 4.78 is 16.7. The van der Waals surface area contributed by atoms with Crippen LogP contribution in [0.3, 0.4) is 0 Å². The molecule has 3 aromatic carbocycles. The van der Waals surface area contributed by atoms with Gasteiger partial charge in [-0.3, -0.25) is 9.69 Å². The average molecular weight is 459 g/mol. The second kappa shape index (κ2) is 10.2. The molecule has 0 saturated carbocycles. The zero-order chi connectivity index (χ0) is 23.3.